The maximum Gasteiger partial charge on any atom is 0.417 e. The molecule has 17 nitrogen and oxygen atoms in total. The van der Waals surface area contributed by atoms with Crippen LogP contribution in [0.25, 0.3) is 21.6 Å². The molecule has 3 saturated heterocycles. The number of likely N-dealkylation sites (N-methyl/N-ethyl adjacent to an activating group) is 1. The first-order valence-corrected chi connectivity index (χ1v) is 26.7. The van der Waals surface area contributed by atoms with Crippen LogP contribution < -0.4 is 21.1 Å². The number of benzene rings is 3. The van der Waals surface area contributed by atoms with Crippen molar-refractivity contribution < 1.29 is 42.0 Å². The Balaban J connectivity index is 0.885. The second kappa shape index (κ2) is 23.2. The third-order valence-corrected chi connectivity index (χ3v) is 15.7. The minimum absolute atomic E-state index is 0.0303. The zero-order valence-electron chi connectivity index (χ0n) is 43.6. The molecule has 0 spiro atoms. The van der Waals surface area contributed by atoms with Crippen molar-refractivity contribution in [2.75, 3.05) is 76.2 Å². The normalized spacial score (nSPS) is 18.4. The van der Waals surface area contributed by atoms with Crippen LogP contribution in [0.2, 0.25) is 0 Å². The summed E-state index contributed by atoms with van der Waals surface area (Å²) in [4.78, 5) is 85.8. The van der Waals surface area contributed by atoms with E-state index in [0.717, 1.165) is 52.1 Å². The van der Waals surface area contributed by atoms with Gasteiger partial charge in [0.15, 0.2) is 0 Å². The van der Waals surface area contributed by atoms with E-state index in [2.05, 4.69) is 40.5 Å². The number of hydrogen-bond donors (Lipinski definition) is 4. The van der Waals surface area contributed by atoms with Crippen LogP contribution in [0, 0.1) is 19.8 Å². The number of amides is 4. The lowest BCUT2D eigenvalue weighted by Gasteiger charge is -2.36. The number of anilines is 2. The Kier molecular flexibility index (Phi) is 16.4. The maximum absolute atomic E-state index is 14.4. The van der Waals surface area contributed by atoms with E-state index < -0.39 is 58.8 Å². The number of carbonyl (C=O) groups is 4. The first-order valence-electron chi connectivity index (χ1n) is 25.8. The number of aliphatic hydroxyl groups excluding tert-OH is 1. The predicted octanol–water partition coefficient (Wildman–Crippen LogP) is 7.09. The van der Waals surface area contributed by atoms with Crippen LogP contribution in [-0.2, 0) is 27.1 Å². The molecule has 6 aromatic rings. The fourth-order valence-corrected chi connectivity index (χ4v) is 11.3. The molecule has 0 radical (unpaired) electrons. The van der Waals surface area contributed by atoms with Crippen LogP contribution in [0.1, 0.15) is 82.8 Å². The monoisotopic (exact) mass is 1080 g/mol. The Morgan fingerprint density at radius 1 is 0.896 bits per heavy atom. The van der Waals surface area contributed by atoms with Gasteiger partial charge in [0.2, 0.25) is 23.3 Å². The van der Waals surface area contributed by atoms with Crippen molar-refractivity contribution in [1.29, 1.82) is 0 Å². The highest BCUT2D eigenvalue weighted by atomic mass is 32.1. The van der Waals surface area contributed by atoms with Gasteiger partial charge >= 0.3 is 6.18 Å². The summed E-state index contributed by atoms with van der Waals surface area (Å²) in [5.74, 6) is -2.52. The second-order valence-corrected chi connectivity index (χ2v) is 21.5. The number of pyridine rings is 1. The van der Waals surface area contributed by atoms with Gasteiger partial charge in [0.05, 0.1) is 62.8 Å². The number of nitrogens with one attached hydrogen (secondary N) is 3. The number of aryl methyl sites for hydroxylation is 2. The molecule has 77 heavy (non-hydrogen) atoms. The molecular formula is C56H63F3N10O7S. The van der Waals surface area contributed by atoms with Crippen molar-refractivity contribution in [1.82, 2.24) is 40.0 Å². The molecule has 0 aliphatic carbocycles. The molecule has 3 aliphatic heterocycles. The van der Waals surface area contributed by atoms with Gasteiger partial charge in [0, 0.05) is 90.2 Å². The number of piperazine rings is 2. The number of hydrogen-bond acceptors (Lipinski definition) is 13. The van der Waals surface area contributed by atoms with Gasteiger partial charge < -0.3 is 44.8 Å². The van der Waals surface area contributed by atoms with Crippen LogP contribution in [-0.4, -0.2) is 142 Å². The van der Waals surface area contributed by atoms with Gasteiger partial charge in [-0.25, -0.2) is 4.98 Å². The summed E-state index contributed by atoms with van der Waals surface area (Å²) in [6, 6.07) is 21.5. The molecule has 9 rings (SSSR count). The van der Waals surface area contributed by atoms with Gasteiger partial charge in [-0.15, -0.1) is 11.3 Å². The highest BCUT2D eigenvalue weighted by Crippen LogP contribution is 2.37. The number of aromatic amines is 1. The summed E-state index contributed by atoms with van der Waals surface area (Å²) in [5, 5.41) is 20.7. The van der Waals surface area contributed by atoms with Gasteiger partial charge in [-0.05, 0) is 72.8 Å². The number of alkyl halides is 3. The SMILES string of the molecule is Cc1cc([C@H](C(=O)N2C[C@H](O)C[C@H]2C(=O)N[C@@H](CC(=O)N2CCN(Cc3cccc(-c4ccc(N5CCN(C)CC5)c(NC(=O)c5c[nH]c(=O)cc5C(F)(F)F)c4)c3)CC2)c2ccc(-c3scnc3C)cc2)C(C)C)on1. The van der Waals surface area contributed by atoms with E-state index in [-0.39, 0.29) is 37.1 Å². The molecule has 0 unspecified atom stereocenters. The van der Waals surface area contributed by atoms with Crippen LogP contribution >= 0.6 is 11.3 Å². The Bertz CT molecular complexity index is 3160. The highest BCUT2D eigenvalue weighted by molar-refractivity contribution is 7.13. The van der Waals surface area contributed by atoms with Crippen molar-refractivity contribution in [2.45, 2.75) is 77.4 Å². The smallest absolute Gasteiger partial charge is 0.391 e. The van der Waals surface area contributed by atoms with Crippen molar-refractivity contribution in [3.05, 3.63) is 140 Å². The van der Waals surface area contributed by atoms with Crippen LogP contribution in [0.5, 0.6) is 0 Å². The molecule has 3 fully saturated rings. The molecular weight excluding hydrogens is 1010 g/mol. The summed E-state index contributed by atoms with van der Waals surface area (Å²) in [6.07, 6.45) is -5.09. The molecule has 3 aliphatic rings. The van der Waals surface area contributed by atoms with Crippen molar-refractivity contribution in [3.63, 3.8) is 0 Å². The zero-order valence-corrected chi connectivity index (χ0v) is 44.4. The molecule has 0 saturated carbocycles. The maximum atomic E-state index is 14.4. The molecule has 0 bridgehead atoms. The average Bonchev–Trinajstić information content (AvgIpc) is 4.16. The molecule has 4 amide bonds. The van der Waals surface area contributed by atoms with Crippen molar-refractivity contribution in [3.8, 4) is 21.6 Å². The number of halogens is 3. The van der Waals surface area contributed by atoms with Crippen molar-refractivity contribution in [2.24, 2.45) is 5.92 Å². The van der Waals surface area contributed by atoms with E-state index in [1.54, 1.807) is 29.5 Å². The first-order chi connectivity index (χ1) is 36.8. The fourth-order valence-electron chi connectivity index (χ4n) is 10.5. The molecule has 21 heteroatoms. The fraction of sp³-hybridized carbons (Fsp3) is 0.411. The molecule has 6 heterocycles. The minimum Gasteiger partial charge on any atom is -0.391 e. The summed E-state index contributed by atoms with van der Waals surface area (Å²) in [5.41, 5.74) is 5.48. The van der Waals surface area contributed by atoms with Crippen LogP contribution in [0.4, 0.5) is 24.5 Å². The van der Waals surface area contributed by atoms with E-state index in [0.29, 0.717) is 80.3 Å². The number of likely N-dealkylation sites (tertiary alicyclic amines) is 1. The molecule has 4 atom stereocenters. The summed E-state index contributed by atoms with van der Waals surface area (Å²) < 4.78 is 47.6. The number of aliphatic hydroxyl groups is 1. The number of H-pyrrole nitrogens is 1. The Morgan fingerprint density at radius 3 is 2.27 bits per heavy atom. The largest absolute Gasteiger partial charge is 0.417 e. The number of rotatable bonds is 15. The minimum atomic E-state index is -4.93. The summed E-state index contributed by atoms with van der Waals surface area (Å²) in [7, 11) is 2.01. The lowest BCUT2D eigenvalue weighted by Crippen LogP contribution is -2.50. The lowest BCUT2D eigenvalue weighted by molar-refractivity contribution is -0.141. The molecule has 4 N–H and O–H groups in total. The summed E-state index contributed by atoms with van der Waals surface area (Å²) in [6.45, 7) is 12.8. The van der Waals surface area contributed by atoms with Gasteiger partial charge in [0.1, 0.15) is 17.7 Å². The van der Waals surface area contributed by atoms with Crippen LogP contribution in [0.15, 0.2) is 99.9 Å². The van der Waals surface area contributed by atoms with E-state index >= 15 is 0 Å². The van der Waals surface area contributed by atoms with Crippen molar-refractivity contribution >= 4 is 46.3 Å². The highest BCUT2D eigenvalue weighted by Gasteiger charge is 2.44. The number of thiazole rings is 1. The van der Waals surface area contributed by atoms with Crippen LogP contribution in [0.3, 0.4) is 0 Å². The average molecular weight is 1080 g/mol. The topological polar surface area (TPSA) is 201 Å². The standard InChI is InChI=1S/C56H63F3N10O7S/c1-33(2)51(48-23-34(3)64-76-48)55(75)69-31-41(70)26-47(69)54(74)62-44(37-9-11-38(12-10-37)52-35(4)61-32-77-52)28-50(72)68-21-17-66(18-22-68)30-36-7-6-8-39(24-36)40-13-14-46(67-19-15-65(5)16-20-67)45(25-40)63-53(73)42-29-60-49(71)27-43(42)56(57,58)59/h6-14,23-25,27,29,32-33,41,44,47,51,70H,15-22,26,28,30-31H2,1-5H3,(H,60,71)(H,62,74)(H,63,73)/t41-,44+,47+,51-/m1/s1. The molecule has 3 aromatic carbocycles. The number of aromatic nitrogens is 3. The Labute approximate surface area is 448 Å². The van der Waals surface area contributed by atoms with Gasteiger partial charge in [-0.2, -0.15) is 13.2 Å². The number of carbonyl (C=O) groups excluding carboxylic acids is 4. The Morgan fingerprint density at radius 2 is 1.61 bits per heavy atom. The summed E-state index contributed by atoms with van der Waals surface area (Å²) >= 11 is 1.52. The molecule has 406 valence electrons. The third-order valence-electron chi connectivity index (χ3n) is 14.7. The van der Waals surface area contributed by atoms with E-state index in [1.807, 2.05) is 88.5 Å². The van der Waals surface area contributed by atoms with Gasteiger partial charge in [0.25, 0.3) is 5.91 Å². The van der Waals surface area contributed by atoms with Gasteiger partial charge in [-0.3, -0.25) is 28.9 Å². The van der Waals surface area contributed by atoms with E-state index in [4.69, 9.17) is 4.52 Å². The number of β-amino-alcohol motifs (C(OH)–C–C–N with tert-alkyl or cyclic N) is 1. The first kappa shape index (κ1) is 54.6. The lowest BCUT2D eigenvalue weighted by atomic mass is 9.91. The van der Waals surface area contributed by atoms with E-state index in [1.165, 1.54) is 16.2 Å². The Hall–Kier alpha value is -7.20. The van der Waals surface area contributed by atoms with Gasteiger partial charge in [-0.1, -0.05) is 67.5 Å². The number of nitrogens with zero attached hydrogens (tertiary/aromatic N) is 7. The van der Waals surface area contributed by atoms with E-state index in [9.17, 15) is 42.3 Å². The zero-order chi connectivity index (χ0) is 54.7. The third kappa shape index (κ3) is 12.6. The quantitative estimate of drug-likeness (QED) is 0.0816. The second-order valence-electron chi connectivity index (χ2n) is 20.6. The molecule has 3 aromatic heterocycles. The predicted molar refractivity (Wildman–Crippen MR) is 286 cm³/mol.